The fraction of sp³-hybridized carbons (Fsp3) is 0.250. The molecule has 1 aromatic heterocycles. The predicted molar refractivity (Wildman–Crippen MR) is 67.2 cm³/mol. The van der Waals surface area contributed by atoms with Crippen LogP contribution in [0.25, 0.3) is 0 Å². The number of rotatable bonds is 4. The first kappa shape index (κ1) is 11.0. The zero-order valence-electron chi connectivity index (χ0n) is 9.36. The van der Waals surface area contributed by atoms with Crippen LogP contribution in [0, 0.1) is 6.92 Å². The van der Waals surface area contributed by atoms with Crippen molar-refractivity contribution in [1.29, 1.82) is 0 Å². The number of anilines is 1. The van der Waals surface area contributed by atoms with E-state index in [1.165, 1.54) is 5.56 Å². The van der Waals surface area contributed by atoms with Gasteiger partial charge in [0, 0.05) is 23.7 Å². The third-order valence-corrected chi connectivity index (χ3v) is 3.03. The van der Waals surface area contributed by atoms with E-state index >= 15 is 0 Å². The van der Waals surface area contributed by atoms with Crippen LogP contribution in [0.4, 0.5) is 5.13 Å². The molecule has 2 aromatic rings. The lowest BCUT2D eigenvalue weighted by molar-refractivity contribution is 0.410. The Kier molecular flexibility index (Phi) is 3.41. The highest BCUT2D eigenvalue weighted by Crippen LogP contribution is 2.21. The van der Waals surface area contributed by atoms with Crippen molar-refractivity contribution < 1.29 is 4.74 Å². The molecule has 16 heavy (non-hydrogen) atoms. The number of benzene rings is 1. The molecule has 2 rings (SSSR count). The lowest BCUT2D eigenvalue weighted by atomic mass is 10.1. The second kappa shape index (κ2) is 4.99. The first-order valence-electron chi connectivity index (χ1n) is 5.06. The van der Waals surface area contributed by atoms with E-state index in [1.807, 2.05) is 17.5 Å². The summed E-state index contributed by atoms with van der Waals surface area (Å²) >= 11 is 1.60. The first-order chi connectivity index (χ1) is 7.79. The number of nitrogens with zero attached hydrogens (tertiary/aromatic N) is 1. The monoisotopic (exact) mass is 234 g/mol. The van der Waals surface area contributed by atoms with E-state index in [4.69, 9.17) is 4.74 Å². The number of aromatic nitrogens is 1. The summed E-state index contributed by atoms with van der Waals surface area (Å²) in [6, 6.07) is 6.17. The molecule has 4 heteroatoms. The quantitative estimate of drug-likeness (QED) is 0.882. The molecule has 0 aliphatic carbocycles. The first-order valence-corrected chi connectivity index (χ1v) is 5.94. The average Bonchev–Trinajstić information content (AvgIpc) is 2.79. The highest BCUT2D eigenvalue weighted by molar-refractivity contribution is 7.13. The minimum atomic E-state index is 0.734. The summed E-state index contributed by atoms with van der Waals surface area (Å²) in [7, 11) is 1.69. The third kappa shape index (κ3) is 2.52. The summed E-state index contributed by atoms with van der Waals surface area (Å²) < 4.78 is 5.31. The zero-order valence-corrected chi connectivity index (χ0v) is 10.2. The van der Waals surface area contributed by atoms with Crippen molar-refractivity contribution in [3.8, 4) is 5.75 Å². The predicted octanol–water partition coefficient (Wildman–Crippen LogP) is 3.07. The number of ether oxygens (including phenoxy) is 1. The molecule has 0 bridgehead atoms. The minimum Gasteiger partial charge on any atom is -0.496 e. The maximum Gasteiger partial charge on any atom is 0.182 e. The van der Waals surface area contributed by atoms with Gasteiger partial charge in [-0.15, -0.1) is 11.3 Å². The van der Waals surface area contributed by atoms with Crippen molar-refractivity contribution >= 4 is 16.5 Å². The molecule has 0 aliphatic rings. The van der Waals surface area contributed by atoms with Crippen molar-refractivity contribution in [2.45, 2.75) is 13.5 Å². The summed E-state index contributed by atoms with van der Waals surface area (Å²) in [6.07, 6.45) is 1.79. The van der Waals surface area contributed by atoms with Crippen LogP contribution in [-0.4, -0.2) is 12.1 Å². The molecule has 84 valence electrons. The normalized spacial score (nSPS) is 10.1. The number of methoxy groups -OCH3 is 1. The fourth-order valence-corrected chi connectivity index (χ4v) is 2.05. The highest BCUT2D eigenvalue weighted by Gasteiger charge is 2.03. The van der Waals surface area contributed by atoms with Crippen molar-refractivity contribution in [3.05, 3.63) is 40.9 Å². The molecular weight excluding hydrogens is 220 g/mol. The van der Waals surface area contributed by atoms with E-state index in [2.05, 4.69) is 23.3 Å². The largest absolute Gasteiger partial charge is 0.496 e. The molecule has 0 amide bonds. The van der Waals surface area contributed by atoms with E-state index in [-0.39, 0.29) is 0 Å². The smallest absolute Gasteiger partial charge is 0.182 e. The van der Waals surface area contributed by atoms with Crippen LogP contribution >= 0.6 is 11.3 Å². The summed E-state index contributed by atoms with van der Waals surface area (Å²) in [4.78, 5) is 4.18. The zero-order chi connectivity index (χ0) is 11.4. The van der Waals surface area contributed by atoms with Crippen LogP contribution < -0.4 is 10.1 Å². The van der Waals surface area contributed by atoms with Gasteiger partial charge in [0.25, 0.3) is 0 Å². The molecule has 0 aliphatic heterocycles. The van der Waals surface area contributed by atoms with Crippen LogP contribution in [-0.2, 0) is 6.54 Å². The van der Waals surface area contributed by atoms with Crippen LogP contribution in [0.5, 0.6) is 5.75 Å². The Balaban J connectivity index is 2.11. The van der Waals surface area contributed by atoms with E-state index in [0.29, 0.717) is 0 Å². The topological polar surface area (TPSA) is 34.1 Å². The summed E-state index contributed by atoms with van der Waals surface area (Å²) in [5.74, 6) is 0.912. The van der Waals surface area contributed by atoms with Crippen molar-refractivity contribution in [3.63, 3.8) is 0 Å². The van der Waals surface area contributed by atoms with Gasteiger partial charge in [-0.2, -0.15) is 0 Å². The highest BCUT2D eigenvalue weighted by atomic mass is 32.1. The van der Waals surface area contributed by atoms with Crippen LogP contribution in [0.1, 0.15) is 11.1 Å². The Labute approximate surface area is 99.1 Å². The summed E-state index contributed by atoms with van der Waals surface area (Å²) in [5, 5.41) is 6.16. The lowest BCUT2D eigenvalue weighted by Crippen LogP contribution is -2.01. The molecule has 1 aromatic carbocycles. The molecule has 0 spiro atoms. The molecule has 1 heterocycles. The maximum atomic E-state index is 5.31. The number of nitrogens with one attached hydrogen (secondary N) is 1. The molecule has 0 fully saturated rings. The summed E-state index contributed by atoms with van der Waals surface area (Å²) in [6.45, 7) is 2.81. The van der Waals surface area contributed by atoms with Crippen molar-refractivity contribution in [1.82, 2.24) is 4.98 Å². The molecule has 0 saturated carbocycles. The number of hydrogen-bond donors (Lipinski definition) is 1. The summed E-state index contributed by atoms with van der Waals surface area (Å²) in [5.41, 5.74) is 2.38. The third-order valence-electron chi connectivity index (χ3n) is 2.30. The van der Waals surface area contributed by atoms with E-state index in [1.54, 1.807) is 24.6 Å². The maximum absolute atomic E-state index is 5.31. The Hall–Kier alpha value is -1.55. The SMILES string of the molecule is COc1ccc(C)cc1CNc1nccs1. The number of hydrogen-bond acceptors (Lipinski definition) is 4. The Bertz CT molecular complexity index is 454. The van der Waals surface area contributed by atoms with E-state index in [0.717, 1.165) is 23.0 Å². The molecule has 1 N–H and O–H groups in total. The van der Waals surface area contributed by atoms with Gasteiger partial charge in [-0.05, 0) is 13.0 Å². The fourth-order valence-electron chi connectivity index (χ4n) is 1.53. The van der Waals surface area contributed by atoms with Crippen LogP contribution in [0.2, 0.25) is 0 Å². The lowest BCUT2D eigenvalue weighted by Gasteiger charge is -2.09. The van der Waals surface area contributed by atoms with Gasteiger partial charge in [0.1, 0.15) is 5.75 Å². The van der Waals surface area contributed by atoms with Gasteiger partial charge in [-0.3, -0.25) is 0 Å². The number of thiazole rings is 1. The van der Waals surface area contributed by atoms with Gasteiger partial charge in [0.15, 0.2) is 5.13 Å². The second-order valence-corrected chi connectivity index (χ2v) is 4.40. The van der Waals surface area contributed by atoms with E-state index in [9.17, 15) is 0 Å². The van der Waals surface area contributed by atoms with Crippen LogP contribution in [0.3, 0.4) is 0 Å². The van der Waals surface area contributed by atoms with Gasteiger partial charge in [-0.1, -0.05) is 17.7 Å². The van der Waals surface area contributed by atoms with Crippen LogP contribution in [0.15, 0.2) is 29.8 Å². The van der Waals surface area contributed by atoms with Gasteiger partial charge in [0.05, 0.1) is 7.11 Å². The molecule has 0 saturated heterocycles. The van der Waals surface area contributed by atoms with Gasteiger partial charge in [-0.25, -0.2) is 4.98 Å². The molecular formula is C12H14N2OS. The van der Waals surface area contributed by atoms with Gasteiger partial charge < -0.3 is 10.1 Å². The molecule has 0 atom stereocenters. The average molecular weight is 234 g/mol. The van der Waals surface area contributed by atoms with Crippen molar-refractivity contribution in [2.24, 2.45) is 0 Å². The van der Waals surface area contributed by atoms with E-state index < -0.39 is 0 Å². The van der Waals surface area contributed by atoms with Gasteiger partial charge >= 0.3 is 0 Å². The Morgan fingerprint density at radius 3 is 3.00 bits per heavy atom. The standard InChI is InChI=1S/C12H14N2OS/c1-9-3-4-11(15-2)10(7-9)8-14-12-13-5-6-16-12/h3-7H,8H2,1-2H3,(H,13,14). The number of aryl methyl sites for hydroxylation is 1. The van der Waals surface area contributed by atoms with Crippen molar-refractivity contribution in [2.75, 3.05) is 12.4 Å². The molecule has 3 nitrogen and oxygen atoms in total. The van der Waals surface area contributed by atoms with Gasteiger partial charge in [0.2, 0.25) is 0 Å². The Morgan fingerprint density at radius 1 is 1.44 bits per heavy atom. The minimum absolute atomic E-state index is 0.734. The Morgan fingerprint density at radius 2 is 2.31 bits per heavy atom. The second-order valence-electron chi connectivity index (χ2n) is 3.51. The molecule has 0 unspecified atom stereocenters. The molecule has 0 radical (unpaired) electrons.